The molecule has 2 aromatic heterocycles. The van der Waals surface area contributed by atoms with E-state index < -0.39 is 41.1 Å². The highest BCUT2D eigenvalue weighted by Gasteiger charge is 2.40. The SMILES string of the molecule is Cn1cc(C(=O)Nc2cnn(-c3cccc(Cl)c3Cl)c2C(F)(F)F)c(C(F)F)n1. The van der Waals surface area contributed by atoms with Crippen LogP contribution in [0.4, 0.5) is 27.6 Å². The summed E-state index contributed by atoms with van der Waals surface area (Å²) >= 11 is 11.8. The smallest absolute Gasteiger partial charge is 0.319 e. The normalized spacial score (nSPS) is 11.9. The molecule has 0 saturated heterocycles. The number of hydrogen-bond donors (Lipinski definition) is 1. The highest BCUT2D eigenvalue weighted by Crippen LogP contribution is 2.39. The number of nitrogens with zero attached hydrogens (tertiary/aromatic N) is 4. The zero-order chi connectivity index (χ0) is 21.5. The van der Waals surface area contributed by atoms with Gasteiger partial charge in [-0.3, -0.25) is 9.48 Å². The third-order valence-electron chi connectivity index (χ3n) is 3.75. The number of carbonyl (C=O) groups excluding carboxylic acids is 1. The Labute approximate surface area is 169 Å². The van der Waals surface area contributed by atoms with Gasteiger partial charge in [0.2, 0.25) is 0 Å². The number of amides is 1. The summed E-state index contributed by atoms with van der Waals surface area (Å²) in [6.45, 7) is 0. The Morgan fingerprint density at radius 3 is 2.55 bits per heavy atom. The van der Waals surface area contributed by atoms with Gasteiger partial charge in [-0.1, -0.05) is 29.3 Å². The Hall–Kier alpha value is -2.66. The largest absolute Gasteiger partial charge is 0.435 e. The van der Waals surface area contributed by atoms with E-state index >= 15 is 0 Å². The van der Waals surface area contributed by atoms with Gasteiger partial charge in [0, 0.05) is 13.2 Å². The highest BCUT2D eigenvalue weighted by atomic mass is 35.5. The number of alkyl halides is 5. The summed E-state index contributed by atoms with van der Waals surface area (Å²) in [6, 6.07) is 3.99. The topological polar surface area (TPSA) is 64.7 Å². The molecule has 13 heteroatoms. The number of aromatic nitrogens is 4. The molecule has 0 aliphatic heterocycles. The first-order chi connectivity index (χ1) is 13.5. The van der Waals surface area contributed by atoms with E-state index in [9.17, 15) is 26.7 Å². The quantitative estimate of drug-likeness (QED) is 0.557. The van der Waals surface area contributed by atoms with Crippen molar-refractivity contribution in [3.05, 3.63) is 57.6 Å². The molecule has 0 atom stereocenters. The van der Waals surface area contributed by atoms with E-state index in [1.165, 1.54) is 25.2 Å². The summed E-state index contributed by atoms with van der Waals surface area (Å²) in [5.74, 6) is -1.20. The van der Waals surface area contributed by atoms with Gasteiger partial charge in [-0.05, 0) is 12.1 Å². The van der Waals surface area contributed by atoms with Gasteiger partial charge in [0.15, 0.2) is 5.69 Å². The highest BCUT2D eigenvalue weighted by molar-refractivity contribution is 6.43. The van der Waals surface area contributed by atoms with Crippen LogP contribution in [0.2, 0.25) is 10.0 Å². The van der Waals surface area contributed by atoms with Crippen LogP contribution in [0.25, 0.3) is 5.69 Å². The zero-order valence-corrected chi connectivity index (χ0v) is 15.8. The standard InChI is InChI=1S/C16H10Cl2F5N5O/c1-27-6-7(12(26-27)14(19)20)15(29)25-9-5-24-28(13(9)16(21,22)23)10-4-2-3-8(17)11(10)18/h2-6,14H,1H3,(H,25,29). The molecule has 3 aromatic rings. The number of nitrogens with one attached hydrogen (secondary N) is 1. The first-order valence-corrected chi connectivity index (χ1v) is 8.49. The molecule has 0 saturated carbocycles. The van der Waals surface area contributed by atoms with Gasteiger partial charge in [-0.2, -0.15) is 23.4 Å². The Balaban J connectivity index is 2.07. The predicted molar refractivity (Wildman–Crippen MR) is 94.7 cm³/mol. The molecule has 0 bridgehead atoms. The fourth-order valence-corrected chi connectivity index (χ4v) is 2.96. The van der Waals surface area contributed by atoms with Crippen LogP contribution in [0.3, 0.4) is 0 Å². The lowest BCUT2D eigenvalue weighted by Gasteiger charge is -2.14. The van der Waals surface area contributed by atoms with E-state index in [-0.39, 0.29) is 15.7 Å². The van der Waals surface area contributed by atoms with Crippen LogP contribution in [0.5, 0.6) is 0 Å². The molecule has 6 nitrogen and oxygen atoms in total. The number of carbonyl (C=O) groups is 1. The Bertz CT molecular complexity index is 1080. The average molecular weight is 454 g/mol. The van der Waals surface area contributed by atoms with Crippen LogP contribution in [0.1, 0.15) is 28.2 Å². The summed E-state index contributed by atoms with van der Waals surface area (Å²) in [6.07, 6.45) is -6.35. The number of anilines is 1. The number of halogens is 7. The van der Waals surface area contributed by atoms with Gasteiger partial charge in [0.25, 0.3) is 12.3 Å². The third kappa shape index (κ3) is 4.06. The van der Waals surface area contributed by atoms with Crippen LogP contribution in [0, 0.1) is 0 Å². The van der Waals surface area contributed by atoms with Crippen molar-refractivity contribution in [2.24, 2.45) is 7.05 Å². The van der Waals surface area contributed by atoms with Gasteiger partial charge < -0.3 is 5.32 Å². The second-order valence-electron chi connectivity index (χ2n) is 5.75. The van der Waals surface area contributed by atoms with E-state index in [1.54, 1.807) is 0 Å². The molecule has 0 aliphatic carbocycles. The fourth-order valence-electron chi connectivity index (χ4n) is 2.58. The summed E-state index contributed by atoms with van der Waals surface area (Å²) < 4.78 is 68.6. The molecule has 29 heavy (non-hydrogen) atoms. The lowest BCUT2D eigenvalue weighted by atomic mass is 10.2. The van der Waals surface area contributed by atoms with Crippen molar-refractivity contribution in [3.63, 3.8) is 0 Å². The molecular weight excluding hydrogens is 444 g/mol. The maximum Gasteiger partial charge on any atom is 0.435 e. The van der Waals surface area contributed by atoms with Crippen molar-refractivity contribution in [1.29, 1.82) is 0 Å². The van der Waals surface area contributed by atoms with Gasteiger partial charge in [-0.15, -0.1) is 0 Å². The molecule has 1 amide bonds. The Kier molecular flexibility index (Phi) is 5.54. The number of aryl methyl sites for hydroxylation is 1. The molecule has 3 rings (SSSR count). The zero-order valence-electron chi connectivity index (χ0n) is 14.3. The third-order valence-corrected chi connectivity index (χ3v) is 4.56. The summed E-state index contributed by atoms with van der Waals surface area (Å²) in [4.78, 5) is 12.3. The number of benzene rings is 1. The summed E-state index contributed by atoms with van der Waals surface area (Å²) in [5.41, 5.74) is -3.71. The minimum Gasteiger partial charge on any atom is -0.319 e. The molecule has 0 radical (unpaired) electrons. The molecule has 1 N–H and O–H groups in total. The average Bonchev–Trinajstić information content (AvgIpc) is 3.21. The molecule has 154 valence electrons. The van der Waals surface area contributed by atoms with E-state index in [0.717, 1.165) is 17.1 Å². The van der Waals surface area contributed by atoms with Crippen LogP contribution in [0.15, 0.2) is 30.6 Å². The van der Waals surface area contributed by atoms with Crippen molar-refractivity contribution in [3.8, 4) is 5.69 Å². The summed E-state index contributed by atoms with van der Waals surface area (Å²) in [7, 11) is 1.29. The van der Waals surface area contributed by atoms with E-state index in [2.05, 4.69) is 10.2 Å². The maximum atomic E-state index is 13.7. The molecular formula is C16H10Cl2F5N5O. The van der Waals surface area contributed by atoms with Crippen molar-refractivity contribution in [2.45, 2.75) is 12.6 Å². The molecule has 0 fully saturated rings. The van der Waals surface area contributed by atoms with Gasteiger partial charge in [0.1, 0.15) is 5.69 Å². The van der Waals surface area contributed by atoms with Crippen LogP contribution < -0.4 is 5.32 Å². The lowest BCUT2D eigenvalue weighted by Crippen LogP contribution is -2.19. The van der Waals surface area contributed by atoms with Gasteiger partial charge >= 0.3 is 6.18 Å². The minimum absolute atomic E-state index is 0.00434. The minimum atomic E-state index is -4.97. The van der Waals surface area contributed by atoms with Crippen molar-refractivity contribution in [1.82, 2.24) is 19.6 Å². The first kappa shape index (κ1) is 21.1. The van der Waals surface area contributed by atoms with Crippen molar-refractivity contribution < 1.29 is 26.7 Å². The molecule has 1 aromatic carbocycles. The van der Waals surface area contributed by atoms with E-state index in [1.807, 2.05) is 5.32 Å². The number of rotatable bonds is 4. The molecule has 2 heterocycles. The molecule has 0 spiro atoms. The number of hydrogen-bond acceptors (Lipinski definition) is 3. The predicted octanol–water partition coefficient (Wildman–Crippen LogP) is 5.12. The lowest BCUT2D eigenvalue weighted by molar-refractivity contribution is -0.142. The second-order valence-corrected chi connectivity index (χ2v) is 6.53. The van der Waals surface area contributed by atoms with Gasteiger partial charge in [-0.25, -0.2) is 13.5 Å². The molecule has 0 unspecified atom stereocenters. The van der Waals surface area contributed by atoms with E-state index in [0.29, 0.717) is 4.68 Å². The van der Waals surface area contributed by atoms with Crippen molar-refractivity contribution in [2.75, 3.05) is 5.32 Å². The van der Waals surface area contributed by atoms with Crippen molar-refractivity contribution >= 4 is 34.8 Å². The second kappa shape index (κ2) is 7.64. The van der Waals surface area contributed by atoms with Crippen LogP contribution in [-0.4, -0.2) is 25.5 Å². The Morgan fingerprint density at radius 2 is 1.93 bits per heavy atom. The summed E-state index contributed by atoms with van der Waals surface area (Å²) in [5, 5.41) is 8.85. The molecule has 0 aliphatic rings. The van der Waals surface area contributed by atoms with Crippen LogP contribution >= 0.6 is 23.2 Å². The first-order valence-electron chi connectivity index (χ1n) is 7.73. The maximum absolute atomic E-state index is 13.7. The monoisotopic (exact) mass is 453 g/mol. The Morgan fingerprint density at radius 1 is 1.24 bits per heavy atom. The van der Waals surface area contributed by atoms with Crippen LogP contribution in [-0.2, 0) is 13.2 Å². The van der Waals surface area contributed by atoms with Gasteiger partial charge in [0.05, 0.1) is 33.2 Å². The van der Waals surface area contributed by atoms with E-state index in [4.69, 9.17) is 23.2 Å². The fraction of sp³-hybridized carbons (Fsp3) is 0.188.